The Kier molecular flexibility index (Phi) is 10.8. The number of ether oxygens (including phenoxy) is 8. The number of benzene rings is 1. The Morgan fingerprint density at radius 1 is 0.900 bits per heavy atom. The lowest BCUT2D eigenvalue weighted by Gasteiger charge is -2.50. The number of hydrogen-bond donors (Lipinski definition) is 0. The Bertz CT molecular complexity index is 1090. The molecule has 1 heterocycles. The van der Waals surface area contributed by atoms with Crippen molar-refractivity contribution in [1.82, 2.24) is 0 Å². The van der Waals surface area contributed by atoms with Gasteiger partial charge in [-0.3, -0.25) is 19.2 Å². The van der Waals surface area contributed by atoms with Crippen LogP contribution < -0.4 is 4.74 Å². The van der Waals surface area contributed by atoms with Gasteiger partial charge in [-0.2, -0.15) is 0 Å². The average molecular weight is 587 g/mol. The lowest BCUT2D eigenvalue weighted by Crippen LogP contribution is -2.67. The van der Waals surface area contributed by atoms with Gasteiger partial charge in [0.05, 0.1) is 11.1 Å². The first-order valence-corrected chi connectivity index (χ1v) is 13.1. The monoisotopic (exact) mass is 586 g/mol. The summed E-state index contributed by atoms with van der Waals surface area (Å²) in [6.45, 7) is 4.23. The summed E-state index contributed by atoms with van der Waals surface area (Å²) in [5.74, 6) is -4.52. The second-order valence-corrected chi connectivity index (χ2v) is 9.97. The molecule has 222 valence electrons. The zero-order chi connectivity index (χ0) is 29.6. The van der Waals surface area contributed by atoms with Crippen molar-refractivity contribution in [2.45, 2.75) is 89.4 Å². The van der Waals surface area contributed by atoms with Gasteiger partial charge in [0.2, 0.25) is 11.9 Å². The zero-order valence-electron chi connectivity index (χ0n) is 23.3. The van der Waals surface area contributed by atoms with Crippen molar-refractivity contribution in [2.24, 2.45) is 0 Å². The van der Waals surface area contributed by atoms with Crippen molar-refractivity contribution in [3.63, 3.8) is 0 Å². The summed E-state index contributed by atoms with van der Waals surface area (Å²) in [5, 5.41) is 0.307. The molecule has 12 nitrogen and oxygen atoms in total. The lowest BCUT2D eigenvalue weighted by atomic mass is 9.87. The predicted octanol–water partition coefficient (Wildman–Crippen LogP) is 2.84. The van der Waals surface area contributed by atoms with Crippen LogP contribution in [0.2, 0.25) is 5.02 Å². The molecule has 3 unspecified atom stereocenters. The Labute approximate surface area is 237 Å². The van der Waals surface area contributed by atoms with E-state index in [1.165, 1.54) is 14.0 Å². The third-order valence-electron chi connectivity index (χ3n) is 6.64. The van der Waals surface area contributed by atoms with Gasteiger partial charge in [-0.1, -0.05) is 17.7 Å². The summed E-state index contributed by atoms with van der Waals surface area (Å²) in [6, 6.07) is 4.70. The molecule has 1 aliphatic carbocycles. The van der Waals surface area contributed by atoms with Crippen LogP contribution in [0, 0.1) is 0 Å². The average Bonchev–Trinajstić information content (AvgIpc) is 3.33. The van der Waals surface area contributed by atoms with Crippen LogP contribution in [0.4, 0.5) is 0 Å². The van der Waals surface area contributed by atoms with E-state index in [1.54, 1.807) is 25.3 Å². The van der Waals surface area contributed by atoms with Crippen LogP contribution in [0.1, 0.15) is 52.5 Å². The summed E-state index contributed by atoms with van der Waals surface area (Å²) < 4.78 is 45.7. The Morgan fingerprint density at radius 2 is 1.52 bits per heavy atom. The first kappa shape index (κ1) is 31.6. The highest BCUT2D eigenvalue weighted by Crippen LogP contribution is 2.45. The predicted molar refractivity (Wildman–Crippen MR) is 137 cm³/mol. The van der Waals surface area contributed by atoms with Crippen molar-refractivity contribution in [2.75, 3.05) is 20.8 Å². The minimum absolute atomic E-state index is 0.0667. The maximum absolute atomic E-state index is 12.3. The number of methoxy groups -OCH3 is 2. The summed E-state index contributed by atoms with van der Waals surface area (Å²) in [7, 11) is 2.94. The van der Waals surface area contributed by atoms with Crippen molar-refractivity contribution in [3.05, 3.63) is 28.8 Å². The Balaban J connectivity index is 2.13. The van der Waals surface area contributed by atoms with Crippen LogP contribution in [0.3, 0.4) is 0 Å². The lowest BCUT2D eigenvalue weighted by molar-refractivity contribution is -0.367. The molecule has 1 aromatic carbocycles. The molecule has 1 aromatic rings. The zero-order valence-corrected chi connectivity index (χ0v) is 24.1. The Hall–Kier alpha value is -2.93. The topological polar surface area (TPSA) is 142 Å². The standard InChI is InChI=1S/C27H35ClO12/c1-14(29)35-13-23-24(36-15(2)30)25(37-16(3)31)26(38-17(4)32)27(34-6,40-23)18-7-10-21(28)22(11-18)39-20-9-8-19(12-20)33-5/h7,10-11,19-20,23-26H,8-9,12-13H2,1-6H3/t19?,20?,23-,24-,25+,26-,27?/m1/s1. The third-order valence-corrected chi connectivity index (χ3v) is 6.95. The molecule has 1 saturated heterocycles. The van der Waals surface area contributed by atoms with E-state index >= 15 is 0 Å². The molecule has 0 N–H and O–H groups in total. The number of carbonyl (C=O) groups excluding carboxylic acids is 4. The highest BCUT2D eigenvalue weighted by atomic mass is 35.5. The quantitative estimate of drug-likeness (QED) is 0.294. The molecule has 40 heavy (non-hydrogen) atoms. The van der Waals surface area contributed by atoms with Crippen molar-refractivity contribution >= 4 is 35.5 Å². The normalized spacial score (nSPS) is 29.8. The molecule has 0 aromatic heterocycles. The number of carbonyl (C=O) groups is 4. The van der Waals surface area contributed by atoms with Crippen LogP contribution in [-0.4, -0.2) is 81.3 Å². The van der Waals surface area contributed by atoms with E-state index in [0.717, 1.165) is 33.6 Å². The fraction of sp³-hybridized carbons (Fsp3) is 0.630. The van der Waals surface area contributed by atoms with Gasteiger partial charge < -0.3 is 37.9 Å². The summed E-state index contributed by atoms with van der Waals surface area (Å²) in [4.78, 5) is 48.2. The Morgan fingerprint density at radius 3 is 2.08 bits per heavy atom. The second kappa shape index (κ2) is 13.6. The van der Waals surface area contributed by atoms with Crippen LogP contribution in [-0.2, 0) is 58.1 Å². The van der Waals surface area contributed by atoms with Crippen LogP contribution in [0.25, 0.3) is 0 Å². The minimum Gasteiger partial charge on any atom is -0.489 e. The van der Waals surface area contributed by atoms with Gasteiger partial charge in [-0.05, 0) is 25.0 Å². The molecule has 2 aliphatic rings. The highest BCUT2D eigenvalue weighted by molar-refractivity contribution is 6.32. The SMILES string of the molecule is COC1CCC(Oc2cc(C3(OC)O[C@H](COC(C)=O)[C@@H](OC(C)=O)[C@H](OC(C)=O)[C@H]3OC(C)=O)ccc2Cl)C1. The molecule has 7 atom stereocenters. The summed E-state index contributed by atoms with van der Waals surface area (Å²) >= 11 is 6.48. The molecule has 0 bridgehead atoms. The number of esters is 4. The minimum atomic E-state index is -1.94. The number of hydrogen-bond acceptors (Lipinski definition) is 12. The van der Waals surface area contributed by atoms with E-state index in [1.807, 2.05) is 0 Å². The molecule has 1 saturated carbocycles. The van der Waals surface area contributed by atoms with Gasteiger partial charge in [0.1, 0.15) is 24.6 Å². The van der Waals surface area contributed by atoms with Gasteiger partial charge in [-0.25, -0.2) is 0 Å². The molecule has 13 heteroatoms. The maximum atomic E-state index is 12.3. The van der Waals surface area contributed by atoms with E-state index in [2.05, 4.69) is 0 Å². The van der Waals surface area contributed by atoms with E-state index in [0.29, 0.717) is 17.2 Å². The molecular formula is C27H35ClO12. The van der Waals surface area contributed by atoms with E-state index in [4.69, 9.17) is 49.5 Å². The van der Waals surface area contributed by atoms with E-state index in [-0.39, 0.29) is 17.8 Å². The van der Waals surface area contributed by atoms with Crippen molar-refractivity contribution < 1.29 is 57.1 Å². The fourth-order valence-corrected chi connectivity index (χ4v) is 5.15. The van der Waals surface area contributed by atoms with Gasteiger partial charge in [-0.15, -0.1) is 0 Å². The van der Waals surface area contributed by atoms with E-state index < -0.39 is 60.7 Å². The molecule has 0 radical (unpaired) electrons. The number of halogens is 1. The van der Waals surface area contributed by atoms with Gasteiger partial charge in [0.15, 0.2) is 12.2 Å². The molecular weight excluding hydrogens is 552 g/mol. The van der Waals surface area contributed by atoms with Crippen LogP contribution >= 0.6 is 11.6 Å². The van der Waals surface area contributed by atoms with Gasteiger partial charge in [0.25, 0.3) is 0 Å². The van der Waals surface area contributed by atoms with Crippen molar-refractivity contribution in [3.8, 4) is 5.75 Å². The fourth-order valence-electron chi connectivity index (χ4n) is 4.99. The third kappa shape index (κ3) is 7.42. The first-order valence-electron chi connectivity index (χ1n) is 12.8. The molecule has 0 amide bonds. The van der Waals surface area contributed by atoms with Crippen LogP contribution in [0.5, 0.6) is 5.75 Å². The first-order chi connectivity index (χ1) is 18.9. The van der Waals surface area contributed by atoms with Gasteiger partial charge >= 0.3 is 23.9 Å². The molecule has 1 aliphatic heterocycles. The molecule has 0 spiro atoms. The van der Waals surface area contributed by atoms with Gasteiger partial charge in [0, 0.05) is 53.9 Å². The van der Waals surface area contributed by atoms with Crippen molar-refractivity contribution in [1.29, 1.82) is 0 Å². The largest absolute Gasteiger partial charge is 0.489 e. The summed E-state index contributed by atoms with van der Waals surface area (Å²) in [5.41, 5.74) is 0.285. The molecule has 3 rings (SSSR count). The van der Waals surface area contributed by atoms with Crippen LogP contribution in [0.15, 0.2) is 18.2 Å². The summed E-state index contributed by atoms with van der Waals surface area (Å²) in [6.07, 6.45) is -3.28. The highest BCUT2D eigenvalue weighted by Gasteiger charge is 2.61. The number of rotatable bonds is 10. The molecule has 2 fully saturated rings. The second-order valence-electron chi connectivity index (χ2n) is 9.56. The smallest absolute Gasteiger partial charge is 0.303 e. The maximum Gasteiger partial charge on any atom is 0.303 e. The van der Waals surface area contributed by atoms with E-state index in [9.17, 15) is 19.2 Å².